The Morgan fingerprint density at radius 3 is 1.54 bits per heavy atom. The number of nitrogens with zero attached hydrogens (tertiary/aromatic N) is 11. The van der Waals surface area contributed by atoms with Crippen molar-refractivity contribution in [2.75, 3.05) is 62.7 Å². The van der Waals surface area contributed by atoms with Gasteiger partial charge in [-0.15, -0.1) is 23.5 Å². The summed E-state index contributed by atoms with van der Waals surface area (Å²) < 4.78 is 15.2. The predicted molar refractivity (Wildman–Crippen MR) is 326 cm³/mol. The first-order valence-corrected chi connectivity index (χ1v) is 30.9. The maximum Gasteiger partial charge on any atom is 0.410 e. The van der Waals surface area contributed by atoms with Gasteiger partial charge in [-0.05, 0) is 129 Å². The van der Waals surface area contributed by atoms with E-state index in [4.69, 9.17) is 42.6 Å². The van der Waals surface area contributed by atoms with Crippen LogP contribution in [0.3, 0.4) is 0 Å². The summed E-state index contributed by atoms with van der Waals surface area (Å²) in [6.45, 7) is 21.1. The zero-order chi connectivity index (χ0) is 59.5. The van der Waals surface area contributed by atoms with Crippen molar-refractivity contribution in [2.45, 2.75) is 147 Å². The fourth-order valence-electron chi connectivity index (χ4n) is 10.7. The van der Waals surface area contributed by atoms with Crippen molar-refractivity contribution >= 4 is 98.5 Å². The van der Waals surface area contributed by atoms with Crippen LogP contribution in [0.15, 0.2) is 80.3 Å². The Morgan fingerprint density at radius 2 is 1.07 bits per heavy atom. The number of rotatable bonds is 12. The van der Waals surface area contributed by atoms with E-state index in [2.05, 4.69) is 19.8 Å². The van der Waals surface area contributed by atoms with E-state index >= 15 is 0 Å². The van der Waals surface area contributed by atoms with Gasteiger partial charge in [0.05, 0.1) is 97.5 Å². The number of halogens is 2. The molecule has 0 saturated carbocycles. The standard InChI is InChI=1S/C30H37ClN6O4S.C30H36ClN5O4S/c1-19-6-7-22-24(14-19)36(26(38)16-32-22)13-12-35-10-8-20(9-11-35)37(29(40)41-30(2,3)4)17-23-21(31)15-25-28(33-23)34(5)27(39)18-42-25;1-19-5-6-23-26(13-19)35(28(38)16-32-23)12-11-34-9-7-20(8-10-34)36(29(39)40-30(2,3)4)17-25-22(31)15-27-24(33-25)14-21(37)18-41-27/h6-7,14-16,20H,8-13,17-18H2,1-5H3;5-6,13,15-16,20H,7-12,14,17-18H2,1-4H3. The van der Waals surface area contributed by atoms with Crippen LogP contribution in [0.25, 0.3) is 22.1 Å². The molecular weight excluding hydrogens is 1140 g/mol. The van der Waals surface area contributed by atoms with E-state index in [0.29, 0.717) is 58.4 Å². The second kappa shape index (κ2) is 26.0. The lowest BCUT2D eigenvalue weighted by Gasteiger charge is -2.39. The predicted octanol–water partition coefficient (Wildman–Crippen LogP) is 9.60. The third-order valence-electron chi connectivity index (χ3n) is 15.1. The van der Waals surface area contributed by atoms with E-state index < -0.39 is 23.4 Å². The summed E-state index contributed by atoms with van der Waals surface area (Å²) >= 11 is 16.1. The minimum absolute atomic E-state index is 0.0261. The molecule has 23 heteroatoms. The number of aryl methyl sites for hydroxylation is 2. The molecule has 6 aromatic rings. The van der Waals surface area contributed by atoms with Gasteiger partial charge in [-0.25, -0.2) is 24.5 Å². The molecule has 3 amide bonds. The number of anilines is 1. The van der Waals surface area contributed by atoms with E-state index in [-0.39, 0.29) is 54.4 Å². The Bertz CT molecular complexity index is 3550. The number of pyridine rings is 2. The summed E-state index contributed by atoms with van der Waals surface area (Å²) in [6, 6.07) is 15.4. The van der Waals surface area contributed by atoms with Crippen LogP contribution in [0.5, 0.6) is 0 Å². The van der Waals surface area contributed by atoms with Gasteiger partial charge in [-0.2, -0.15) is 0 Å². The molecule has 0 bridgehead atoms. The molecule has 4 aromatic heterocycles. The average molecular weight is 1210 g/mol. The van der Waals surface area contributed by atoms with Gasteiger partial charge in [0.2, 0.25) is 5.91 Å². The first kappa shape index (κ1) is 61.5. The topological polar surface area (TPSA) is 199 Å². The van der Waals surface area contributed by atoms with Gasteiger partial charge in [0, 0.05) is 76.4 Å². The fourth-order valence-corrected chi connectivity index (χ4v) is 13.1. The molecule has 4 aliphatic heterocycles. The molecule has 0 radical (unpaired) electrons. The lowest BCUT2D eigenvalue weighted by atomic mass is 10.0. The fraction of sp³-hybridized carbons (Fsp3) is 0.500. The Kier molecular flexibility index (Phi) is 19.3. The van der Waals surface area contributed by atoms with E-state index in [1.165, 1.54) is 35.9 Å². The second-order valence-corrected chi connectivity index (χ2v) is 26.5. The number of fused-ring (bicyclic) bond motifs is 4. The largest absolute Gasteiger partial charge is 0.444 e. The van der Waals surface area contributed by atoms with Crippen molar-refractivity contribution in [3.05, 3.63) is 120 Å². The smallest absolute Gasteiger partial charge is 0.410 e. The van der Waals surface area contributed by atoms with Crippen LogP contribution in [0.4, 0.5) is 15.4 Å². The molecule has 10 rings (SSSR count). The number of piperidine rings is 2. The number of amides is 3. The Balaban J connectivity index is 0.000000200. The number of ether oxygens (including phenoxy) is 2. The van der Waals surface area contributed by atoms with Gasteiger partial charge < -0.3 is 28.4 Å². The molecule has 442 valence electrons. The third kappa shape index (κ3) is 15.4. The van der Waals surface area contributed by atoms with Crippen LogP contribution in [-0.4, -0.2) is 154 Å². The monoisotopic (exact) mass is 1210 g/mol. The highest BCUT2D eigenvalue weighted by Gasteiger charge is 2.35. The molecule has 8 heterocycles. The van der Waals surface area contributed by atoms with Crippen molar-refractivity contribution in [2.24, 2.45) is 0 Å². The first-order chi connectivity index (χ1) is 39.4. The number of carbonyl (C=O) groups excluding carboxylic acids is 4. The number of ketones is 1. The molecule has 0 N–H and O–H groups in total. The van der Waals surface area contributed by atoms with Crippen molar-refractivity contribution in [3.63, 3.8) is 0 Å². The zero-order valence-corrected chi connectivity index (χ0v) is 51.9. The first-order valence-electron chi connectivity index (χ1n) is 28.1. The highest BCUT2D eigenvalue weighted by molar-refractivity contribution is 8.00. The zero-order valence-electron chi connectivity index (χ0n) is 48.7. The molecule has 2 fully saturated rings. The molecular formula is C60H73Cl2N11O8S2. The number of thioether (sulfide) groups is 2. The molecule has 0 atom stereocenters. The number of likely N-dealkylation sites (tertiary alicyclic amines) is 2. The van der Waals surface area contributed by atoms with Gasteiger partial charge in [0.1, 0.15) is 22.8 Å². The maximum atomic E-state index is 13.5. The minimum atomic E-state index is -0.661. The number of aromatic nitrogens is 6. The van der Waals surface area contributed by atoms with E-state index in [0.717, 1.165) is 107 Å². The number of carbonyl (C=O) groups is 4. The molecule has 4 aliphatic rings. The number of benzene rings is 2. The van der Waals surface area contributed by atoms with Crippen molar-refractivity contribution in [3.8, 4) is 0 Å². The summed E-state index contributed by atoms with van der Waals surface area (Å²) in [5.41, 5.74) is 5.76. The van der Waals surface area contributed by atoms with Crippen LogP contribution < -0.4 is 16.0 Å². The normalized spacial score (nSPS) is 16.5. The number of Topliss-reactive ketones (excluding diaryl/α,β-unsaturated/α-hetero) is 1. The van der Waals surface area contributed by atoms with Crippen LogP contribution >= 0.6 is 46.7 Å². The van der Waals surface area contributed by atoms with Gasteiger partial charge in [0.15, 0.2) is 0 Å². The van der Waals surface area contributed by atoms with Crippen molar-refractivity contribution < 1.29 is 28.7 Å². The van der Waals surface area contributed by atoms with Gasteiger partial charge >= 0.3 is 12.2 Å². The minimum Gasteiger partial charge on any atom is -0.444 e. The van der Waals surface area contributed by atoms with E-state index in [1.54, 1.807) is 30.9 Å². The molecule has 0 unspecified atom stereocenters. The van der Waals surface area contributed by atoms with Crippen LogP contribution in [-0.2, 0) is 51.7 Å². The second-order valence-electron chi connectivity index (χ2n) is 23.7. The molecule has 2 aromatic carbocycles. The Labute approximate surface area is 502 Å². The maximum absolute atomic E-state index is 13.5. The van der Waals surface area contributed by atoms with E-state index in [1.807, 2.05) is 104 Å². The molecule has 19 nitrogen and oxygen atoms in total. The summed E-state index contributed by atoms with van der Waals surface area (Å²) in [5.74, 6) is 1.44. The van der Waals surface area contributed by atoms with Crippen molar-refractivity contribution in [1.29, 1.82) is 0 Å². The highest BCUT2D eigenvalue weighted by Crippen LogP contribution is 2.37. The van der Waals surface area contributed by atoms with Gasteiger partial charge in [0.25, 0.3) is 11.1 Å². The number of hydrogen-bond acceptors (Lipinski definition) is 16. The Morgan fingerprint density at radius 1 is 0.627 bits per heavy atom. The summed E-state index contributed by atoms with van der Waals surface area (Å²) in [7, 11) is 1.71. The summed E-state index contributed by atoms with van der Waals surface area (Å²) in [5, 5.41) is 0.946. The SMILES string of the molecule is Cc1ccc2ncc(=O)n(CCN3CCC(N(Cc4nc5c(cc4Cl)SCC(=O)C5)C(=O)OC(C)(C)C)CC3)c2c1.Cc1ccc2ncc(=O)n(CCN3CCC(N(Cc4nc5c(cc4Cl)SCC(=O)N5C)C(=O)OC(C)(C)C)CC3)c2c1. The molecule has 0 spiro atoms. The third-order valence-corrected chi connectivity index (χ3v) is 17.8. The lowest BCUT2D eigenvalue weighted by Crippen LogP contribution is -2.49. The van der Waals surface area contributed by atoms with Gasteiger partial charge in [-0.3, -0.25) is 38.9 Å². The Hall–Kier alpha value is -6.10. The summed E-state index contributed by atoms with van der Waals surface area (Å²) in [6.07, 6.45) is 5.21. The molecule has 2 saturated heterocycles. The number of hydrogen-bond donors (Lipinski definition) is 0. The average Bonchev–Trinajstić information content (AvgIpc) is 3.54. The molecule has 0 aliphatic carbocycles. The highest BCUT2D eigenvalue weighted by atomic mass is 35.5. The van der Waals surface area contributed by atoms with Crippen LogP contribution in [0.2, 0.25) is 10.0 Å². The van der Waals surface area contributed by atoms with Gasteiger partial charge in [-0.1, -0.05) is 35.3 Å². The molecule has 83 heavy (non-hydrogen) atoms. The van der Waals surface area contributed by atoms with Crippen LogP contribution in [0, 0.1) is 13.8 Å². The van der Waals surface area contributed by atoms with Crippen molar-refractivity contribution in [1.82, 2.24) is 48.7 Å². The van der Waals surface area contributed by atoms with Crippen LogP contribution in [0.1, 0.15) is 95.4 Å². The quantitative estimate of drug-likeness (QED) is 0.112. The summed E-state index contributed by atoms with van der Waals surface area (Å²) in [4.78, 5) is 106. The van der Waals surface area contributed by atoms with E-state index in [9.17, 15) is 28.8 Å². The lowest BCUT2D eigenvalue weighted by molar-refractivity contribution is -0.116.